The number of hydrogen-bond acceptors (Lipinski definition) is 7. The van der Waals surface area contributed by atoms with Gasteiger partial charge in [0.05, 0.1) is 7.11 Å². The number of carbonyl (C=O) groups excluding carboxylic acids is 1. The van der Waals surface area contributed by atoms with E-state index in [4.69, 9.17) is 38.0 Å². The molecule has 2 rings (SSSR count). The van der Waals surface area contributed by atoms with Crippen molar-refractivity contribution in [3.63, 3.8) is 0 Å². The van der Waals surface area contributed by atoms with Crippen LogP contribution in [0.1, 0.15) is 11.1 Å². The standard InChI is InChI=1S/C16H15ClN6O3/c1-25-14(19)12-13(18)22-8-23-15(12)26-10-5-4-9(11(17)7-10)3-2-6-21-16(20)24/h4-5,7-8,19H,3H2,1H3,(H2,18,22,23)(H3,20,21,24). The number of hydrogen-bond donors (Lipinski definition) is 4. The SMILES string of the molecule is COC(=N)c1c(N)ncnc1Oc1ccc(CC#CNC(N)=O)c(Cl)c1. The van der Waals surface area contributed by atoms with E-state index in [0.29, 0.717) is 17.2 Å². The molecule has 0 fully saturated rings. The number of nitrogen functional groups attached to an aromatic ring is 1. The number of ether oxygens (including phenoxy) is 2. The number of methoxy groups -OCH3 is 1. The fourth-order valence-electron chi connectivity index (χ4n) is 1.87. The Morgan fingerprint density at radius 3 is 2.85 bits per heavy atom. The molecule has 0 radical (unpaired) electrons. The van der Waals surface area contributed by atoms with Crippen molar-refractivity contribution in [2.45, 2.75) is 6.42 Å². The molecule has 0 spiro atoms. The van der Waals surface area contributed by atoms with Gasteiger partial charge in [-0.2, -0.15) is 0 Å². The van der Waals surface area contributed by atoms with E-state index in [1.807, 2.05) is 0 Å². The fraction of sp³-hybridized carbons (Fsp3) is 0.125. The van der Waals surface area contributed by atoms with E-state index in [0.717, 1.165) is 5.56 Å². The number of benzene rings is 1. The summed E-state index contributed by atoms with van der Waals surface area (Å²) in [6.45, 7) is 0. The van der Waals surface area contributed by atoms with Gasteiger partial charge in [0, 0.05) is 17.5 Å². The molecule has 0 bridgehead atoms. The van der Waals surface area contributed by atoms with Crippen LogP contribution in [0.15, 0.2) is 24.5 Å². The number of amides is 2. The van der Waals surface area contributed by atoms with E-state index in [2.05, 4.69) is 27.2 Å². The Morgan fingerprint density at radius 1 is 1.42 bits per heavy atom. The molecule has 26 heavy (non-hydrogen) atoms. The van der Waals surface area contributed by atoms with Crippen LogP contribution in [0.4, 0.5) is 10.6 Å². The maximum Gasteiger partial charge on any atom is 0.323 e. The minimum absolute atomic E-state index is 0.0572. The van der Waals surface area contributed by atoms with Gasteiger partial charge >= 0.3 is 6.03 Å². The molecule has 1 aromatic heterocycles. The summed E-state index contributed by atoms with van der Waals surface area (Å²) in [5.74, 6) is 2.99. The third kappa shape index (κ3) is 4.75. The normalized spacial score (nSPS) is 9.62. The highest BCUT2D eigenvalue weighted by molar-refractivity contribution is 6.31. The number of rotatable bonds is 4. The molecule has 0 unspecified atom stereocenters. The first-order valence-corrected chi connectivity index (χ1v) is 7.53. The molecule has 10 heteroatoms. The summed E-state index contributed by atoms with van der Waals surface area (Å²) in [7, 11) is 1.33. The number of nitrogens with zero attached hydrogens (tertiary/aromatic N) is 2. The molecule has 2 aromatic rings. The van der Waals surface area contributed by atoms with Gasteiger partial charge in [0.1, 0.15) is 23.5 Å². The molecule has 6 N–H and O–H groups in total. The predicted octanol–water partition coefficient (Wildman–Crippen LogP) is 1.65. The topological polar surface area (TPSA) is 149 Å². The molecule has 0 atom stereocenters. The molecule has 0 aliphatic heterocycles. The Labute approximate surface area is 154 Å². The summed E-state index contributed by atoms with van der Waals surface area (Å²) >= 11 is 6.21. The van der Waals surface area contributed by atoms with Crippen LogP contribution in [-0.4, -0.2) is 29.0 Å². The molecule has 0 aliphatic rings. The van der Waals surface area contributed by atoms with Crippen molar-refractivity contribution in [3.05, 3.63) is 40.7 Å². The van der Waals surface area contributed by atoms with Gasteiger partial charge in [-0.05, 0) is 17.7 Å². The van der Waals surface area contributed by atoms with Crippen LogP contribution in [0.2, 0.25) is 5.02 Å². The van der Waals surface area contributed by atoms with E-state index in [-0.39, 0.29) is 23.2 Å². The van der Waals surface area contributed by atoms with Gasteiger partial charge in [-0.1, -0.05) is 23.6 Å². The first-order chi connectivity index (χ1) is 12.4. The van der Waals surface area contributed by atoms with E-state index in [1.165, 1.54) is 13.4 Å². The van der Waals surface area contributed by atoms with Crippen LogP contribution in [-0.2, 0) is 11.2 Å². The van der Waals surface area contributed by atoms with Crippen LogP contribution in [0.3, 0.4) is 0 Å². The van der Waals surface area contributed by atoms with E-state index < -0.39 is 6.03 Å². The number of nitrogens with two attached hydrogens (primary N) is 2. The molecule has 2 amide bonds. The summed E-state index contributed by atoms with van der Waals surface area (Å²) < 4.78 is 10.5. The number of urea groups is 1. The van der Waals surface area contributed by atoms with Crippen molar-refractivity contribution >= 4 is 29.3 Å². The highest BCUT2D eigenvalue weighted by atomic mass is 35.5. The van der Waals surface area contributed by atoms with Gasteiger partial charge in [0.2, 0.25) is 11.8 Å². The second-order valence-electron chi connectivity index (χ2n) is 4.80. The lowest BCUT2D eigenvalue weighted by molar-refractivity contribution is 0.252. The number of anilines is 1. The monoisotopic (exact) mass is 374 g/mol. The van der Waals surface area contributed by atoms with Crippen LogP contribution in [0.25, 0.3) is 0 Å². The van der Waals surface area contributed by atoms with Crippen LogP contribution in [0, 0.1) is 17.4 Å². The Hall–Kier alpha value is -3.51. The van der Waals surface area contributed by atoms with Crippen LogP contribution >= 0.6 is 11.6 Å². The molecule has 1 heterocycles. The third-order valence-corrected chi connectivity index (χ3v) is 3.42. The Morgan fingerprint density at radius 2 is 2.19 bits per heavy atom. The average Bonchev–Trinajstić information content (AvgIpc) is 2.59. The first kappa shape index (κ1) is 18.8. The van der Waals surface area contributed by atoms with E-state index >= 15 is 0 Å². The second-order valence-corrected chi connectivity index (χ2v) is 5.20. The molecule has 134 valence electrons. The smallest absolute Gasteiger partial charge is 0.323 e. The third-order valence-electron chi connectivity index (χ3n) is 3.06. The maximum atomic E-state index is 10.5. The van der Waals surface area contributed by atoms with Crippen LogP contribution < -0.4 is 21.5 Å². The summed E-state index contributed by atoms with van der Waals surface area (Å²) in [6.07, 6.45) is 1.52. The lowest BCUT2D eigenvalue weighted by atomic mass is 10.1. The number of aromatic nitrogens is 2. The summed E-state index contributed by atoms with van der Waals surface area (Å²) in [6, 6.07) is 6.62. The van der Waals surface area contributed by atoms with Crippen molar-refractivity contribution in [3.8, 4) is 23.6 Å². The largest absolute Gasteiger partial charge is 0.481 e. The molecular weight excluding hydrogens is 360 g/mol. The van der Waals surface area contributed by atoms with Crippen molar-refractivity contribution in [2.75, 3.05) is 12.8 Å². The summed E-state index contributed by atoms with van der Waals surface area (Å²) in [5.41, 5.74) is 11.5. The zero-order valence-corrected chi connectivity index (χ0v) is 14.4. The zero-order chi connectivity index (χ0) is 19.1. The van der Waals surface area contributed by atoms with Gasteiger partial charge < -0.3 is 20.9 Å². The molecule has 0 aliphatic carbocycles. The Kier molecular flexibility index (Phi) is 6.19. The maximum absolute atomic E-state index is 10.5. The van der Waals surface area contributed by atoms with Gasteiger partial charge in [-0.15, -0.1) is 0 Å². The molecule has 1 aromatic carbocycles. The highest BCUT2D eigenvalue weighted by Crippen LogP contribution is 2.29. The van der Waals surface area contributed by atoms with Crippen LogP contribution in [0.5, 0.6) is 11.6 Å². The van der Waals surface area contributed by atoms with Crippen molar-refractivity contribution in [2.24, 2.45) is 5.73 Å². The number of carbonyl (C=O) groups is 1. The summed E-state index contributed by atoms with van der Waals surface area (Å²) in [5, 5.41) is 10.3. The minimum atomic E-state index is -0.728. The molecule has 0 saturated carbocycles. The average molecular weight is 375 g/mol. The van der Waals surface area contributed by atoms with Crippen molar-refractivity contribution < 1.29 is 14.3 Å². The fourth-order valence-corrected chi connectivity index (χ4v) is 2.10. The molecule has 9 nitrogen and oxygen atoms in total. The van der Waals surface area contributed by atoms with Crippen molar-refractivity contribution in [1.29, 1.82) is 5.41 Å². The van der Waals surface area contributed by atoms with Gasteiger partial charge in [0.25, 0.3) is 0 Å². The summed E-state index contributed by atoms with van der Waals surface area (Å²) in [4.78, 5) is 18.3. The number of primary amides is 1. The zero-order valence-electron chi connectivity index (χ0n) is 13.7. The molecular formula is C16H15ClN6O3. The number of nitrogens with one attached hydrogen (secondary N) is 2. The van der Waals surface area contributed by atoms with Gasteiger partial charge in [-0.25, -0.2) is 14.8 Å². The van der Waals surface area contributed by atoms with E-state index in [9.17, 15) is 4.79 Å². The quantitative estimate of drug-likeness (QED) is 0.276. The lowest BCUT2D eigenvalue weighted by Crippen LogP contribution is -2.24. The highest BCUT2D eigenvalue weighted by Gasteiger charge is 2.17. The van der Waals surface area contributed by atoms with Crippen molar-refractivity contribution in [1.82, 2.24) is 15.3 Å². The number of halogens is 1. The second kappa shape index (κ2) is 8.55. The Bertz CT molecular complexity index is 907. The molecule has 0 saturated heterocycles. The lowest BCUT2D eigenvalue weighted by Gasteiger charge is -2.12. The predicted molar refractivity (Wildman–Crippen MR) is 96.0 cm³/mol. The van der Waals surface area contributed by atoms with E-state index in [1.54, 1.807) is 18.2 Å². The minimum Gasteiger partial charge on any atom is -0.481 e. The first-order valence-electron chi connectivity index (χ1n) is 7.15. The Balaban J connectivity index is 2.20. The van der Waals surface area contributed by atoms with Gasteiger partial charge in [0.15, 0.2) is 0 Å². The van der Waals surface area contributed by atoms with Gasteiger partial charge in [-0.3, -0.25) is 10.7 Å².